The smallest absolute Gasteiger partial charge is 0.164 e. The fourth-order valence-electron chi connectivity index (χ4n) is 1.90. The molecule has 0 aromatic heterocycles. The molecule has 0 unspecified atom stereocenters. The average molecular weight is 192 g/mol. The maximum atomic E-state index is 5.62. The van der Waals surface area contributed by atoms with E-state index in [0.29, 0.717) is 19.1 Å². The molecule has 0 aliphatic carbocycles. The van der Waals surface area contributed by atoms with Crippen molar-refractivity contribution in [2.24, 2.45) is 0 Å². The van der Waals surface area contributed by atoms with Gasteiger partial charge in [0.15, 0.2) is 11.5 Å². The summed E-state index contributed by atoms with van der Waals surface area (Å²) >= 11 is 0. The number of rotatable bonds is 1. The van der Waals surface area contributed by atoms with Crippen molar-refractivity contribution in [3.05, 3.63) is 23.3 Å². The maximum Gasteiger partial charge on any atom is 0.164 e. The highest BCUT2D eigenvalue weighted by molar-refractivity contribution is 5.51. The number of hydrogen-bond donors (Lipinski definition) is 0. The van der Waals surface area contributed by atoms with Crippen LogP contribution in [0.3, 0.4) is 0 Å². The minimum Gasteiger partial charge on any atom is -0.486 e. The van der Waals surface area contributed by atoms with Crippen LogP contribution >= 0.6 is 0 Å². The molecule has 2 nitrogen and oxygen atoms in total. The van der Waals surface area contributed by atoms with Crippen LogP contribution in [0.25, 0.3) is 0 Å². The van der Waals surface area contributed by atoms with Gasteiger partial charge in [-0.05, 0) is 30.0 Å². The second kappa shape index (κ2) is 3.52. The predicted molar refractivity (Wildman–Crippen MR) is 56.3 cm³/mol. The minimum absolute atomic E-state index is 0.533. The maximum absolute atomic E-state index is 5.62. The first-order chi connectivity index (χ1) is 6.70. The van der Waals surface area contributed by atoms with Crippen LogP contribution in [0.1, 0.15) is 30.9 Å². The van der Waals surface area contributed by atoms with Gasteiger partial charge in [0.05, 0.1) is 0 Å². The van der Waals surface area contributed by atoms with Gasteiger partial charge in [-0.3, -0.25) is 0 Å². The monoisotopic (exact) mass is 192 g/mol. The van der Waals surface area contributed by atoms with Crippen LogP contribution in [0.15, 0.2) is 12.1 Å². The topological polar surface area (TPSA) is 18.5 Å². The van der Waals surface area contributed by atoms with Gasteiger partial charge in [-0.25, -0.2) is 0 Å². The van der Waals surface area contributed by atoms with Crippen molar-refractivity contribution in [2.75, 3.05) is 13.2 Å². The molecule has 1 aromatic rings. The summed E-state index contributed by atoms with van der Waals surface area (Å²) < 4.78 is 11.1. The molecule has 0 saturated carbocycles. The van der Waals surface area contributed by atoms with Crippen molar-refractivity contribution in [2.45, 2.75) is 26.7 Å². The molecule has 2 heteroatoms. The first-order valence-corrected chi connectivity index (χ1v) is 5.09. The molecular weight excluding hydrogens is 176 g/mol. The van der Waals surface area contributed by atoms with Crippen molar-refractivity contribution in [1.29, 1.82) is 0 Å². The van der Waals surface area contributed by atoms with Gasteiger partial charge in [-0.1, -0.05) is 19.9 Å². The van der Waals surface area contributed by atoms with E-state index in [0.717, 1.165) is 11.5 Å². The first kappa shape index (κ1) is 9.38. The molecule has 2 rings (SSSR count). The van der Waals surface area contributed by atoms with Gasteiger partial charge < -0.3 is 9.47 Å². The number of hydrogen-bond acceptors (Lipinski definition) is 2. The van der Waals surface area contributed by atoms with Gasteiger partial charge in [0.2, 0.25) is 0 Å². The highest BCUT2D eigenvalue weighted by atomic mass is 16.6. The van der Waals surface area contributed by atoms with E-state index in [1.165, 1.54) is 11.1 Å². The Morgan fingerprint density at radius 1 is 1.14 bits per heavy atom. The van der Waals surface area contributed by atoms with E-state index in [1.54, 1.807) is 0 Å². The molecule has 0 fully saturated rings. The van der Waals surface area contributed by atoms with Gasteiger partial charge in [0.1, 0.15) is 13.2 Å². The molecular formula is C12H16O2. The van der Waals surface area contributed by atoms with Crippen LogP contribution in [-0.2, 0) is 0 Å². The summed E-state index contributed by atoms with van der Waals surface area (Å²) in [5.74, 6) is 2.35. The number of benzene rings is 1. The second-order valence-electron chi connectivity index (χ2n) is 3.96. The van der Waals surface area contributed by atoms with Crippen molar-refractivity contribution < 1.29 is 9.47 Å². The molecule has 14 heavy (non-hydrogen) atoms. The third-order valence-corrected chi connectivity index (χ3v) is 2.62. The van der Waals surface area contributed by atoms with Crippen LogP contribution in [0.4, 0.5) is 0 Å². The van der Waals surface area contributed by atoms with Gasteiger partial charge >= 0.3 is 0 Å². The van der Waals surface area contributed by atoms with E-state index in [4.69, 9.17) is 9.47 Å². The lowest BCUT2D eigenvalue weighted by Gasteiger charge is -2.22. The van der Waals surface area contributed by atoms with Gasteiger partial charge in [0, 0.05) is 0 Å². The molecule has 0 spiro atoms. The first-order valence-electron chi connectivity index (χ1n) is 5.09. The molecule has 0 bridgehead atoms. The van der Waals surface area contributed by atoms with Crippen molar-refractivity contribution in [1.82, 2.24) is 0 Å². The Kier molecular flexibility index (Phi) is 2.36. The van der Waals surface area contributed by atoms with E-state index in [1.807, 2.05) is 6.07 Å². The summed E-state index contributed by atoms with van der Waals surface area (Å²) in [5.41, 5.74) is 2.56. The zero-order valence-electron chi connectivity index (χ0n) is 8.96. The Bertz CT molecular complexity index is 342. The lowest BCUT2D eigenvalue weighted by Crippen LogP contribution is -2.16. The predicted octanol–water partition coefficient (Wildman–Crippen LogP) is 2.89. The summed E-state index contributed by atoms with van der Waals surface area (Å²) in [6.45, 7) is 7.81. The van der Waals surface area contributed by atoms with Crippen LogP contribution in [0, 0.1) is 6.92 Å². The molecule has 0 amide bonds. The standard InChI is InChI=1S/C12H16O2/c1-8(2)10-4-5-11-12(9(10)3)14-7-6-13-11/h4-5,8H,6-7H2,1-3H3. The zero-order valence-corrected chi connectivity index (χ0v) is 8.96. The Morgan fingerprint density at radius 2 is 1.86 bits per heavy atom. The number of fused-ring (bicyclic) bond motifs is 1. The average Bonchev–Trinajstić information content (AvgIpc) is 2.18. The highest BCUT2D eigenvalue weighted by Crippen LogP contribution is 2.37. The molecule has 0 N–H and O–H groups in total. The van der Waals surface area contributed by atoms with Crippen LogP contribution in [-0.4, -0.2) is 13.2 Å². The Hall–Kier alpha value is -1.18. The van der Waals surface area contributed by atoms with Gasteiger partial charge in [-0.15, -0.1) is 0 Å². The Labute approximate surface area is 84.8 Å². The summed E-state index contributed by atoms with van der Waals surface area (Å²) in [5, 5.41) is 0. The normalized spacial score (nSPS) is 14.6. The fourth-order valence-corrected chi connectivity index (χ4v) is 1.90. The van der Waals surface area contributed by atoms with Crippen LogP contribution in [0.5, 0.6) is 11.5 Å². The second-order valence-corrected chi connectivity index (χ2v) is 3.96. The van der Waals surface area contributed by atoms with Crippen LogP contribution < -0.4 is 9.47 Å². The molecule has 1 aliphatic rings. The van der Waals surface area contributed by atoms with E-state index >= 15 is 0 Å². The van der Waals surface area contributed by atoms with Gasteiger partial charge in [0.25, 0.3) is 0 Å². The Morgan fingerprint density at radius 3 is 2.57 bits per heavy atom. The Balaban J connectivity index is 2.49. The van der Waals surface area contributed by atoms with Crippen molar-refractivity contribution in [3.8, 4) is 11.5 Å². The fraction of sp³-hybridized carbons (Fsp3) is 0.500. The molecule has 1 aromatic carbocycles. The van der Waals surface area contributed by atoms with Crippen molar-refractivity contribution >= 4 is 0 Å². The summed E-state index contributed by atoms with van der Waals surface area (Å²) in [6, 6.07) is 4.14. The van der Waals surface area contributed by atoms with E-state index in [9.17, 15) is 0 Å². The molecule has 76 valence electrons. The minimum atomic E-state index is 0.533. The van der Waals surface area contributed by atoms with E-state index in [-0.39, 0.29) is 0 Å². The molecule has 0 atom stereocenters. The molecule has 1 aliphatic heterocycles. The van der Waals surface area contributed by atoms with E-state index < -0.39 is 0 Å². The van der Waals surface area contributed by atoms with E-state index in [2.05, 4.69) is 26.8 Å². The summed E-state index contributed by atoms with van der Waals surface area (Å²) in [7, 11) is 0. The summed E-state index contributed by atoms with van der Waals surface area (Å²) in [6.07, 6.45) is 0. The third kappa shape index (κ3) is 1.45. The van der Waals surface area contributed by atoms with Gasteiger partial charge in [-0.2, -0.15) is 0 Å². The lowest BCUT2D eigenvalue weighted by atomic mass is 9.97. The molecule has 0 radical (unpaired) electrons. The quantitative estimate of drug-likeness (QED) is 0.681. The number of ether oxygens (including phenoxy) is 2. The largest absolute Gasteiger partial charge is 0.486 e. The lowest BCUT2D eigenvalue weighted by molar-refractivity contribution is 0.170. The van der Waals surface area contributed by atoms with Crippen molar-refractivity contribution in [3.63, 3.8) is 0 Å². The summed E-state index contributed by atoms with van der Waals surface area (Å²) in [4.78, 5) is 0. The SMILES string of the molecule is Cc1c(C(C)C)ccc2c1OCCO2. The van der Waals surface area contributed by atoms with Crippen LogP contribution in [0.2, 0.25) is 0 Å². The highest BCUT2D eigenvalue weighted by Gasteiger charge is 2.17. The molecule has 1 heterocycles. The molecule has 0 saturated heterocycles. The third-order valence-electron chi connectivity index (χ3n) is 2.62. The zero-order chi connectivity index (χ0) is 10.1.